The van der Waals surface area contributed by atoms with Gasteiger partial charge in [0, 0.05) is 25.0 Å². The van der Waals surface area contributed by atoms with E-state index in [1.165, 1.54) is 6.33 Å². The van der Waals surface area contributed by atoms with Crippen LogP contribution in [0.15, 0.2) is 12.4 Å². The van der Waals surface area contributed by atoms with Gasteiger partial charge in [0.25, 0.3) is 0 Å². The fourth-order valence-electron chi connectivity index (χ4n) is 1.63. The molecule has 0 N–H and O–H groups in total. The van der Waals surface area contributed by atoms with Crippen molar-refractivity contribution in [1.82, 2.24) is 9.97 Å². The Balaban J connectivity index is 1.81. The van der Waals surface area contributed by atoms with E-state index < -0.39 is 0 Å². The molecule has 2 rings (SSSR count). The zero-order chi connectivity index (χ0) is 10.5. The number of aromatic nitrogens is 2. The molecule has 0 saturated carbocycles. The first kappa shape index (κ1) is 10.4. The molecule has 0 atom stereocenters. The van der Waals surface area contributed by atoms with Crippen LogP contribution in [0.4, 0.5) is 0 Å². The van der Waals surface area contributed by atoms with Crippen LogP contribution in [0.2, 0.25) is 0 Å². The highest BCUT2D eigenvalue weighted by molar-refractivity contribution is 5.11. The van der Waals surface area contributed by atoms with Crippen molar-refractivity contribution in [3.63, 3.8) is 0 Å². The Kier molecular flexibility index (Phi) is 3.50. The summed E-state index contributed by atoms with van der Waals surface area (Å²) in [6.07, 6.45) is 3.71. The maximum atomic E-state index is 5.62. The topological polar surface area (TPSA) is 44.2 Å². The van der Waals surface area contributed by atoms with E-state index >= 15 is 0 Å². The van der Waals surface area contributed by atoms with Crippen molar-refractivity contribution in [2.24, 2.45) is 5.92 Å². The zero-order valence-corrected chi connectivity index (χ0v) is 8.98. The molecular weight excluding hydrogens is 192 g/mol. The van der Waals surface area contributed by atoms with E-state index in [2.05, 4.69) is 9.97 Å². The fraction of sp³-hybridized carbons (Fsp3) is 0.636. The lowest BCUT2D eigenvalue weighted by molar-refractivity contribution is 0.0490. The van der Waals surface area contributed by atoms with Crippen LogP contribution in [0, 0.1) is 12.8 Å². The molecule has 0 aliphatic carbocycles. The Hall–Kier alpha value is -1.16. The molecule has 15 heavy (non-hydrogen) atoms. The molecule has 1 aromatic heterocycles. The van der Waals surface area contributed by atoms with E-state index in [-0.39, 0.29) is 0 Å². The summed E-state index contributed by atoms with van der Waals surface area (Å²) in [6, 6.07) is 1.86. The van der Waals surface area contributed by atoms with Crippen molar-refractivity contribution in [3.05, 3.63) is 18.1 Å². The molecule has 1 aromatic rings. The summed E-state index contributed by atoms with van der Waals surface area (Å²) in [6.45, 7) is 4.39. The maximum Gasteiger partial charge on any atom is 0.216 e. The molecule has 0 unspecified atom stereocenters. The van der Waals surface area contributed by atoms with E-state index in [1.807, 2.05) is 13.0 Å². The normalized spacial score (nSPS) is 17.7. The Bertz CT molecular complexity index is 311. The summed E-state index contributed by atoms with van der Waals surface area (Å²) in [5, 5.41) is 0. The minimum Gasteiger partial charge on any atom is -0.477 e. The van der Waals surface area contributed by atoms with Gasteiger partial charge in [-0.05, 0) is 25.7 Å². The van der Waals surface area contributed by atoms with Gasteiger partial charge < -0.3 is 9.47 Å². The highest BCUT2D eigenvalue weighted by Crippen LogP contribution is 2.16. The van der Waals surface area contributed by atoms with Crippen LogP contribution in [0.1, 0.15) is 18.5 Å². The number of hydrogen-bond acceptors (Lipinski definition) is 4. The highest BCUT2D eigenvalue weighted by Gasteiger charge is 2.14. The number of ether oxygens (including phenoxy) is 2. The molecular formula is C11H16N2O2. The van der Waals surface area contributed by atoms with Gasteiger partial charge in [-0.1, -0.05) is 0 Å². The summed E-state index contributed by atoms with van der Waals surface area (Å²) < 4.78 is 10.9. The Morgan fingerprint density at radius 2 is 2.20 bits per heavy atom. The van der Waals surface area contributed by atoms with Crippen molar-refractivity contribution in [2.75, 3.05) is 19.8 Å². The quantitative estimate of drug-likeness (QED) is 0.756. The van der Waals surface area contributed by atoms with Crippen molar-refractivity contribution < 1.29 is 9.47 Å². The van der Waals surface area contributed by atoms with Crippen LogP contribution >= 0.6 is 0 Å². The summed E-state index contributed by atoms with van der Waals surface area (Å²) in [7, 11) is 0. The second-order valence-corrected chi connectivity index (χ2v) is 3.86. The third-order valence-corrected chi connectivity index (χ3v) is 2.59. The molecule has 0 radical (unpaired) electrons. The largest absolute Gasteiger partial charge is 0.477 e. The van der Waals surface area contributed by atoms with Crippen molar-refractivity contribution in [2.45, 2.75) is 19.8 Å². The van der Waals surface area contributed by atoms with Crippen molar-refractivity contribution in [1.29, 1.82) is 0 Å². The Labute approximate surface area is 89.6 Å². The molecule has 1 aliphatic rings. The first-order valence-corrected chi connectivity index (χ1v) is 5.34. The molecule has 4 heteroatoms. The lowest BCUT2D eigenvalue weighted by Gasteiger charge is -2.21. The van der Waals surface area contributed by atoms with Gasteiger partial charge in [0.1, 0.15) is 6.33 Å². The van der Waals surface area contributed by atoms with Crippen LogP contribution < -0.4 is 4.74 Å². The predicted octanol–water partition coefficient (Wildman–Crippen LogP) is 1.59. The van der Waals surface area contributed by atoms with Crippen LogP contribution in [0.25, 0.3) is 0 Å². The molecule has 82 valence electrons. The lowest BCUT2D eigenvalue weighted by atomic mass is 10.0. The average Bonchev–Trinajstić information content (AvgIpc) is 2.28. The van der Waals surface area contributed by atoms with Gasteiger partial charge in [-0.25, -0.2) is 9.97 Å². The fourth-order valence-corrected chi connectivity index (χ4v) is 1.63. The van der Waals surface area contributed by atoms with E-state index in [0.717, 1.165) is 38.4 Å². The Morgan fingerprint density at radius 1 is 1.40 bits per heavy atom. The van der Waals surface area contributed by atoms with Gasteiger partial charge >= 0.3 is 0 Å². The van der Waals surface area contributed by atoms with Gasteiger partial charge in [-0.2, -0.15) is 0 Å². The molecule has 2 heterocycles. The van der Waals surface area contributed by atoms with Gasteiger partial charge in [0.15, 0.2) is 0 Å². The second-order valence-electron chi connectivity index (χ2n) is 3.86. The molecule has 1 fully saturated rings. The average molecular weight is 208 g/mol. The summed E-state index contributed by atoms with van der Waals surface area (Å²) in [5.74, 6) is 1.28. The standard InChI is InChI=1S/C11H16N2O2/c1-9-6-11(13-8-12-9)15-7-10-2-4-14-5-3-10/h6,8,10H,2-5,7H2,1H3. The third kappa shape index (κ3) is 3.16. The number of hydrogen-bond donors (Lipinski definition) is 0. The minimum atomic E-state index is 0.606. The smallest absolute Gasteiger partial charge is 0.216 e. The number of aryl methyl sites for hydroxylation is 1. The SMILES string of the molecule is Cc1cc(OCC2CCOCC2)ncn1. The number of nitrogens with zero attached hydrogens (tertiary/aromatic N) is 2. The monoisotopic (exact) mass is 208 g/mol. The van der Waals surface area contributed by atoms with E-state index in [9.17, 15) is 0 Å². The second kappa shape index (κ2) is 5.07. The van der Waals surface area contributed by atoms with Crippen molar-refractivity contribution in [3.8, 4) is 5.88 Å². The molecule has 1 aliphatic heterocycles. The summed E-state index contributed by atoms with van der Waals surface area (Å²) in [4.78, 5) is 8.08. The zero-order valence-electron chi connectivity index (χ0n) is 8.98. The molecule has 0 bridgehead atoms. The lowest BCUT2D eigenvalue weighted by Crippen LogP contribution is -2.21. The van der Waals surface area contributed by atoms with Crippen LogP contribution in [0.5, 0.6) is 5.88 Å². The van der Waals surface area contributed by atoms with E-state index in [0.29, 0.717) is 11.8 Å². The van der Waals surface area contributed by atoms with Crippen LogP contribution in [-0.4, -0.2) is 29.8 Å². The van der Waals surface area contributed by atoms with Gasteiger partial charge in [-0.15, -0.1) is 0 Å². The van der Waals surface area contributed by atoms with Crippen LogP contribution in [-0.2, 0) is 4.74 Å². The van der Waals surface area contributed by atoms with Crippen LogP contribution in [0.3, 0.4) is 0 Å². The number of rotatable bonds is 3. The molecule has 0 aromatic carbocycles. The minimum absolute atomic E-state index is 0.606. The summed E-state index contributed by atoms with van der Waals surface area (Å²) >= 11 is 0. The molecule has 0 spiro atoms. The third-order valence-electron chi connectivity index (χ3n) is 2.59. The summed E-state index contributed by atoms with van der Waals surface area (Å²) in [5.41, 5.74) is 0.937. The first-order valence-electron chi connectivity index (χ1n) is 5.34. The molecule has 1 saturated heterocycles. The first-order chi connectivity index (χ1) is 7.34. The molecule has 4 nitrogen and oxygen atoms in total. The molecule has 0 amide bonds. The van der Waals surface area contributed by atoms with E-state index in [4.69, 9.17) is 9.47 Å². The van der Waals surface area contributed by atoms with Gasteiger partial charge in [0.2, 0.25) is 5.88 Å². The highest BCUT2D eigenvalue weighted by atomic mass is 16.5. The van der Waals surface area contributed by atoms with E-state index in [1.54, 1.807) is 0 Å². The van der Waals surface area contributed by atoms with Gasteiger partial charge in [-0.3, -0.25) is 0 Å². The van der Waals surface area contributed by atoms with Crippen molar-refractivity contribution >= 4 is 0 Å². The Morgan fingerprint density at radius 3 is 2.93 bits per heavy atom. The maximum absolute atomic E-state index is 5.62. The predicted molar refractivity (Wildman–Crippen MR) is 55.8 cm³/mol. The van der Waals surface area contributed by atoms with Gasteiger partial charge in [0.05, 0.1) is 6.61 Å².